The van der Waals surface area contributed by atoms with Crippen LogP contribution < -0.4 is 20.1 Å². The van der Waals surface area contributed by atoms with Gasteiger partial charge in [0.2, 0.25) is 6.79 Å². The van der Waals surface area contributed by atoms with Gasteiger partial charge in [0.1, 0.15) is 0 Å². The zero-order chi connectivity index (χ0) is 18.6. The zero-order valence-electron chi connectivity index (χ0n) is 14.2. The predicted octanol–water partition coefficient (Wildman–Crippen LogP) is 3.66. The summed E-state index contributed by atoms with van der Waals surface area (Å²) >= 11 is 1.36. The molecule has 27 heavy (non-hydrogen) atoms. The smallest absolute Gasteiger partial charge is 0.265 e. The van der Waals surface area contributed by atoms with E-state index in [0.717, 1.165) is 5.56 Å². The molecule has 0 saturated carbocycles. The van der Waals surface area contributed by atoms with Crippen molar-refractivity contribution in [1.82, 2.24) is 5.32 Å². The summed E-state index contributed by atoms with van der Waals surface area (Å²) in [7, 11) is 0. The highest BCUT2D eigenvalue weighted by molar-refractivity contribution is 7.12. The van der Waals surface area contributed by atoms with Gasteiger partial charge in [-0.15, -0.1) is 11.3 Å². The Kier molecular flexibility index (Phi) is 4.76. The highest BCUT2D eigenvalue weighted by Gasteiger charge is 2.14. The van der Waals surface area contributed by atoms with Crippen LogP contribution in [0.1, 0.15) is 25.6 Å². The summed E-state index contributed by atoms with van der Waals surface area (Å²) < 4.78 is 10.6. The monoisotopic (exact) mass is 380 g/mol. The van der Waals surface area contributed by atoms with Crippen molar-refractivity contribution in [1.29, 1.82) is 0 Å². The van der Waals surface area contributed by atoms with E-state index in [0.29, 0.717) is 34.2 Å². The molecule has 0 unspecified atom stereocenters. The van der Waals surface area contributed by atoms with Crippen molar-refractivity contribution in [3.05, 3.63) is 76.0 Å². The normalized spacial score (nSPS) is 11.9. The average Bonchev–Trinajstić information content (AvgIpc) is 3.37. The molecule has 4 rings (SSSR count). The van der Waals surface area contributed by atoms with Crippen LogP contribution >= 0.6 is 11.3 Å². The standard InChI is InChI=1S/C20H16N2O4S/c23-19(21-11-13-6-7-16-17(9-13)26-12-25-16)14-3-1-4-15(10-14)22-20(24)18-5-2-8-27-18/h1-10H,11-12H2,(H,21,23)(H,22,24). The molecule has 1 aliphatic rings. The predicted molar refractivity (Wildman–Crippen MR) is 102 cm³/mol. The van der Waals surface area contributed by atoms with Gasteiger partial charge in [-0.05, 0) is 47.3 Å². The van der Waals surface area contributed by atoms with E-state index < -0.39 is 0 Å². The van der Waals surface area contributed by atoms with Crippen molar-refractivity contribution in [2.24, 2.45) is 0 Å². The molecule has 2 aromatic carbocycles. The molecule has 6 nitrogen and oxygen atoms in total. The largest absolute Gasteiger partial charge is 0.454 e. The van der Waals surface area contributed by atoms with Crippen molar-refractivity contribution in [2.45, 2.75) is 6.54 Å². The first-order valence-corrected chi connectivity index (χ1v) is 9.19. The molecule has 0 bridgehead atoms. The summed E-state index contributed by atoms with van der Waals surface area (Å²) in [6, 6.07) is 16.0. The van der Waals surface area contributed by atoms with Crippen molar-refractivity contribution in [3.63, 3.8) is 0 Å². The third-order valence-electron chi connectivity index (χ3n) is 4.02. The Morgan fingerprint density at radius 3 is 2.70 bits per heavy atom. The van der Waals surface area contributed by atoms with Crippen molar-refractivity contribution >= 4 is 28.8 Å². The van der Waals surface area contributed by atoms with Gasteiger partial charge >= 0.3 is 0 Å². The quantitative estimate of drug-likeness (QED) is 0.708. The average molecular weight is 380 g/mol. The topological polar surface area (TPSA) is 76.7 Å². The number of carbonyl (C=O) groups excluding carboxylic acids is 2. The van der Waals surface area contributed by atoms with Gasteiger partial charge in [0.05, 0.1) is 4.88 Å². The lowest BCUT2D eigenvalue weighted by atomic mass is 10.1. The Morgan fingerprint density at radius 2 is 1.85 bits per heavy atom. The summed E-state index contributed by atoms with van der Waals surface area (Å²) in [6.45, 7) is 0.580. The fraction of sp³-hybridized carbons (Fsp3) is 0.100. The minimum atomic E-state index is -0.222. The lowest BCUT2D eigenvalue weighted by Gasteiger charge is -2.08. The first kappa shape index (κ1) is 17.1. The SMILES string of the molecule is O=C(NCc1ccc2c(c1)OCO2)c1cccc(NC(=O)c2cccs2)c1. The number of amides is 2. The van der Waals surface area contributed by atoms with Gasteiger partial charge in [-0.3, -0.25) is 9.59 Å². The van der Waals surface area contributed by atoms with Crippen LogP contribution in [0.3, 0.4) is 0 Å². The van der Waals surface area contributed by atoms with E-state index in [4.69, 9.17) is 9.47 Å². The van der Waals surface area contributed by atoms with Crippen molar-refractivity contribution in [2.75, 3.05) is 12.1 Å². The Balaban J connectivity index is 1.39. The number of anilines is 1. The maximum atomic E-state index is 12.4. The Bertz CT molecular complexity index is 985. The third kappa shape index (κ3) is 3.93. The number of hydrogen-bond acceptors (Lipinski definition) is 5. The van der Waals surface area contributed by atoms with Crippen LogP contribution in [0.25, 0.3) is 0 Å². The highest BCUT2D eigenvalue weighted by Crippen LogP contribution is 2.32. The molecular formula is C20H16N2O4S. The number of fused-ring (bicyclic) bond motifs is 1. The van der Waals surface area contributed by atoms with Crippen LogP contribution in [0.2, 0.25) is 0 Å². The number of hydrogen-bond donors (Lipinski definition) is 2. The van der Waals surface area contributed by atoms with E-state index in [-0.39, 0.29) is 18.6 Å². The van der Waals surface area contributed by atoms with Crippen molar-refractivity contribution < 1.29 is 19.1 Å². The molecular weight excluding hydrogens is 364 g/mol. The van der Waals surface area contributed by atoms with E-state index in [1.54, 1.807) is 30.3 Å². The summed E-state index contributed by atoms with van der Waals surface area (Å²) in [4.78, 5) is 25.2. The summed E-state index contributed by atoms with van der Waals surface area (Å²) in [5.74, 6) is 0.974. The Labute approximate surface area is 159 Å². The zero-order valence-corrected chi connectivity index (χ0v) is 15.0. The molecule has 0 fully saturated rings. The summed E-state index contributed by atoms with van der Waals surface area (Å²) in [6.07, 6.45) is 0. The van der Waals surface area contributed by atoms with Gasteiger partial charge in [-0.1, -0.05) is 18.2 Å². The van der Waals surface area contributed by atoms with Crippen LogP contribution in [-0.2, 0) is 6.54 Å². The first-order chi connectivity index (χ1) is 13.2. The molecule has 0 radical (unpaired) electrons. The second kappa shape index (κ2) is 7.51. The highest BCUT2D eigenvalue weighted by atomic mass is 32.1. The van der Waals surface area contributed by atoms with Gasteiger partial charge < -0.3 is 20.1 Å². The van der Waals surface area contributed by atoms with Crippen molar-refractivity contribution in [3.8, 4) is 11.5 Å². The summed E-state index contributed by atoms with van der Waals surface area (Å²) in [5, 5.41) is 7.51. The molecule has 0 atom stereocenters. The minimum absolute atomic E-state index is 0.192. The van der Waals surface area contributed by atoms with Crippen LogP contribution in [-0.4, -0.2) is 18.6 Å². The number of carbonyl (C=O) groups is 2. The lowest BCUT2D eigenvalue weighted by Crippen LogP contribution is -2.23. The number of rotatable bonds is 5. The third-order valence-corrected chi connectivity index (χ3v) is 4.89. The van der Waals surface area contributed by atoms with Crippen LogP contribution in [0.15, 0.2) is 60.0 Å². The van der Waals surface area contributed by atoms with Crippen LogP contribution in [0.5, 0.6) is 11.5 Å². The second-order valence-electron chi connectivity index (χ2n) is 5.88. The number of thiophene rings is 1. The minimum Gasteiger partial charge on any atom is -0.454 e. The van der Waals surface area contributed by atoms with E-state index in [9.17, 15) is 9.59 Å². The molecule has 0 spiro atoms. The summed E-state index contributed by atoms with van der Waals surface area (Å²) in [5.41, 5.74) is 1.96. The Hall–Kier alpha value is -3.32. The molecule has 2 amide bonds. The fourth-order valence-corrected chi connectivity index (χ4v) is 3.29. The van der Waals surface area contributed by atoms with Crippen LogP contribution in [0, 0.1) is 0 Å². The number of benzene rings is 2. The maximum absolute atomic E-state index is 12.4. The molecule has 3 aromatic rings. The maximum Gasteiger partial charge on any atom is 0.265 e. The number of ether oxygens (including phenoxy) is 2. The van der Waals surface area contributed by atoms with Crippen LogP contribution in [0.4, 0.5) is 5.69 Å². The fourth-order valence-electron chi connectivity index (χ4n) is 2.67. The molecule has 2 heterocycles. The molecule has 7 heteroatoms. The van der Waals surface area contributed by atoms with E-state index in [1.807, 2.05) is 29.6 Å². The van der Waals surface area contributed by atoms with Gasteiger partial charge in [0.15, 0.2) is 11.5 Å². The lowest BCUT2D eigenvalue weighted by molar-refractivity contribution is 0.0949. The molecule has 0 saturated heterocycles. The van der Waals surface area contributed by atoms with Gasteiger partial charge in [0.25, 0.3) is 11.8 Å². The Morgan fingerprint density at radius 1 is 0.963 bits per heavy atom. The van der Waals surface area contributed by atoms with E-state index in [1.165, 1.54) is 11.3 Å². The first-order valence-electron chi connectivity index (χ1n) is 8.31. The van der Waals surface area contributed by atoms with Gasteiger partial charge in [-0.25, -0.2) is 0 Å². The van der Waals surface area contributed by atoms with Gasteiger partial charge in [0, 0.05) is 17.8 Å². The molecule has 136 valence electrons. The molecule has 2 N–H and O–H groups in total. The van der Waals surface area contributed by atoms with E-state index in [2.05, 4.69) is 10.6 Å². The van der Waals surface area contributed by atoms with E-state index >= 15 is 0 Å². The number of nitrogens with one attached hydrogen (secondary N) is 2. The second-order valence-corrected chi connectivity index (χ2v) is 6.83. The molecule has 1 aromatic heterocycles. The molecule has 1 aliphatic heterocycles. The molecule has 0 aliphatic carbocycles. The van der Waals surface area contributed by atoms with Gasteiger partial charge in [-0.2, -0.15) is 0 Å².